The normalized spacial score (nSPS) is 13.8. The molecule has 3 rings (SSSR count). The van der Waals surface area contributed by atoms with Gasteiger partial charge in [-0.2, -0.15) is 5.10 Å². The number of nitrogens with one attached hydrogen (secondary N) is 1. The molecule has 0 radical (unpaired) electrons. The van der Waals surface area contributed by atoms with Crippen molar-refractivity contribution in [3.63, 3.8) is 0 Å². The first-order valence-corrected chi connectivity index (χ1v) is 9.41. The van der Waals surface area contributed by atoms with Gasteiger partial charge in [0.05, 0.1) is 29.3 Å². The van der Waals surface area contributed by atoms with Crippen LogP contribution in [0.1, 0.15) is 49.0 Å². The first kappa shape index (κ1) is 20.3. The van der Waals surface area contributed by atoms with Crippen LogP contribution in [0, 0.1) is 10.1 Å². The van der Waals surface area contributed by atoms with Crippen molar-refractivity contribution in [2.75, 3.05) is 18.5 Å². The largest absolute Gasteiger partial charge is 0.487 e. The number of carbonyl (C=O) groups excluding carboxylic acids is 2. The van der Waals surface area contributed by atoms with Crippen molar-refractivity contribution in [2.24, 2.45) is 0 Å². The Labute approximate surface area is 166 Å². The third-order valence-corrected chi connectivity index (χ3v) is 4.63. The van der Waals surface area contributed by atoms with Gasteiger partial charge in [-0.3, -0.25) is 14.9 Å². The summed E-state index contributed by atoms with van der Waals surface area (Å²) in [5.41, 5.74) is -0.379. The van der Waals surface area contributed by atoms with Crippen molar-refractivity contribution in [1.82, 2.24) is 9.78 Å². The predicted octanol–water partition coefficient (Wildman–Crippen LogP) is 3.10. The number of amides is 1. The molecule has 10 heteroatoms. The second-order valence-corrected chi connectivity index (χ2v) is 6.60. The van der Waals surface area contributed by atoms with Crippen molar-refractivity contribution < 1.29 is 24.0 Å². The fraction of sp³-hybridized carbons (Fsp3) is 0.421. The summed E-state index contributed by atoms with van der Waals surface area (Å²) >= 11 is 0. The molecule has 1 N–H and O–H groups in total. The van der Waals surface area contributed by atoms with E-state index >= 15 is 0 Å². The maximum absolute atomic E-state index is 12.2. The highest BCUT2D eigenvalue weighted by molar-refractivity contribution is 5.95. The zero-order valence-electron chi connectivity index (χ0n) is 16.0. The maximum Gasteiger partial charge on any atom is 0.338 e. The summed E-state index contributed by atoms with van der Waals surface area (Å²) in [5, 5.41) is 18.1. The number of carbonyl (C=O) groups is 2. The zero-order chi connectivity index (χ0) is 20.8. The van der Waals surface area contributed by atoms with Crippen LogP contribution in [0.3, 0.4) is 0 Å². The van der Waals surface area contributed by atoms with Crippen molar-refractivity contribution in [3.8, 4) is 5.75 Å². The highest BCUT2D eigenvalue weighted by Gasteiger charge is 2.22. The second-order valence-electron chi connectivity index (χ2n) is 6.60. The lowest BCUT2D eigenvalue weighted by molar-refractivity contribution is -0.385. The van der Waals surface area contributed by atoms with E-state index in [-0.39, 0.29) is 29.6 Å². The molecule has 0 atom stereocenters. The molecule has 1 aliphatic carbocycles. The number of nitro benzene ring substituents is 1. The topological polar surface area (TPSA) is 126 Å². The summed E-state index contributed by atoms with van der Waals surface area (Å²) in [5.74, 6) is -0.740. The summed E-state index contributed by atoms with van der Waals surface area (Å²) in [6.45, 7) is 1.43. The minimum absolute atomic E-state index is 0.0380. The molecule has 1 heterocycles. The zero-order valence-corrected chi connectivity index (χ0v) is 16.0. The van der Waals surface area contributed by atoms with Crippen LogP contribution in [0.25, 0.3) is 0 Å². The molecule has 1 aromatic carbocycles. The predicted molar refractivity (Wildman–Crippen MR) is 103 cm³/mol. The monoisotopic (exact) mass is 402 g/mol. The van der Waals surface area contributed by atoms with Gasteiger partial charge in [-0.1, -0.05) is 12.8 Å². The minimum Gasteiger partial charge on any atom is -0.487 e. The van der Waals surface area contributed by atoms with Gasteiger partial charge in [-0.05, 0) is 31.9 Å². The van der Waals surface area contributed by atoms with E-state index in [1.165, 1.54) is 12.1 Å². The molecule has 10 nitrogen and oxygen atoms in total. The molecule has 1 amide bonds. The Morgan fingerprint density at radius 2 is 2.07 bits per heavy atom. The number of anilines is 1. The Morgan fingerprint density at radius 1 is 1.31 bits per heavy atom. The molecule has 29 heavy (non-hydrogen) atoms. The van der Waals surface area contributed by atoms with Gasteiger partial charge < -0.3 is 14.8 Å². The number of hydrogen-bond acceptors (Lipinski definition) is 7. The number of rotatable bonds is 8. The number of ether oxygens (including phenoxy) is 2. The lowest BCUT2D eigenvalue weighted by atomic mass is 10.2. The van der Waals surface area contributed by atoms with Crippen LogP contribution in [-0.4, -0.2) is 39.8 Å². The molecule has 0 spiro atoms. The summed E-state index contributed by atoms with van der Waals surface area (Å²) in [7, 11) is 0. The molecule has 1 saturated carbocycles. The molecular formula is C19H22N4O6. The molecule has 1 fully saturated rings. The first-order chi connectivity index (χ1) is 14.0. The molecular weight excluding hydrogens is 380 g/mol. The number of aromatic nitrogens is 2. The lowest BCUT2D eigenvalue weighted by Gasteiger charge is -2.14. The molecule has 1 aliphatic rings. The Balaban J connectivity index is 1.59. The Kier molecular flexibility index (Phi) is 6.43. The van der Waals surface area contributed by atoms with Gasteiger partial charge in [0.2, 0.25) is 0 Å². The van der Waals surface area contributed by atoms with E-state index in [0.717, 1.165) is 31.7 Å². The third kappa shape index (κ3) is 4.89. The average Bonchev–Trinajstić information content (AvgIpc) is 3.38. The van der Waals surface area contributed by atoms with Crippen molar-refractivity contribution >= 4 is 23.4 Å². The molecule has 0 saturated heterocycles. The number of nitro groups is 1. The van der Waals surface area contributed by atoms with E-state index in [9.17, 15) is 19.7 Å². The van der Waals surface area contributed by atoms with E-state index in [0.29, 0.717) is 5.82 Å². The Bertz CT molecular complexity index is 904. The molecule has 0 bridgehead atoms. The minimum atomic E-state index is -0.837. The summed E-state index contributed by atoms with van der Waals surface area (Å²) < 4.78 is 12.0. The lowest BCUT2D eigenvalue weighted by Crippen LogP contribution is -2.23. The Morgan fingerprint density at radius 3 is 2.76 bits per heavy atom. The van der Waals surface area contributed by atoms with Crippen molar-refractivity contribution in [3.05, 3.63) is 46.1 Å². The summed E-state index contributed by atoms with van der Waals surface area (Å²) in [6, 6.07) is 5.70. The third-order valence-electron chi connectivity index (χ3n) is 4.63. The van der Waals surface area contributed by atoms with Gasteiger partial charge in [0.25, 0.3) is 5.91 Å². The highest BCUT2D eigenvalue weighted by Crippen LogP contribution is 2.31. The van der Waals surface area contributed by atoms with Crippen LogP contribution in [0.15, 0.2) is 30.5 Å². The fourth-order valence-electron chi connectivity index (χ4n) is 3.31. The van der Waals surface area contributed by atoms with Gasteiger partial charge in [0.1, 0.15) is 5.82 Å². The maximum atomic E-state index is 12.2. The first-order valence-electron chi connectivity index (χ1n) is 9.41. The highest BCUT2D eigenvalue weighted by atomic mass is 16.6. The fourth-order valence-corrected chi connectivity index (χ4v) is 3.31. The summed E-state index contributed by atoms with van der Waals surface area (Å²) in [6.07, 6.45) is 5.89. The van der Waals surface area contributed by atoms with Crippen molar-refractivity contribution in [1.29, 1.82) is 0 Å². The van der Waals surface area contributed by atoms with E-state index < -0.39 is 23.4 Å². The molecule has 0 unspecified atom stereocenters. The molecule has 1 aromatic heterocycles. The van der Waals surface area contributed by atoms with Crippen LogP contribution < -0.4 is 10.1 Å². The van der Waals surface area contributed by atoms with Crippen LogP contribution in [0.4, 0.5) is 11.5 Å². The van der Waals surface area contributed by atoms with Crippen LogP contribution in [0.5, 0.6) is 5.75 Å². The standard InChI is InChI=1S/C19H22N4O6/c1-2-28-16-8-7-13(11-15(16)23(26)27)19(25)29-12-18(24)21-17-9-10-20-22(17)14-5-3-4-6-14/h7-11,14H,2-6,12H2,1H3,(H,21,24). The van der Waals surface area contributed by atoms with E-state index in [1.807, 2.05) is 0 Å². The number of hydrogen-bond donors (Lipinski definition) is 1. The quantitative estimate of drug-likeness (QED) is 0.408. The van der Waals surface area contributed by atoms with Gasteiger partial charge in [-0.25, -0.2) is 9.48 Å². The van der Waals surface area contributed by atoms with Gasteiger partial charge in [0.15, 0.2) is 12.4 Å². The second kappa shape index (κ2) is 9.18. The van der Waals surface area contributed by atoms with E-state index in [4.69, 9.17) is 9.47 Å². The SMILES string of the molecule is CCOc1ccc(C(=O)OCC(=O)Nc2ccnn2C2CCCC2)cc1[N+](=O)[O-]. The van der Waals surface area contributed by atoms with Gasteiger partial charge >= 0.3 is 11.7 Å². The number of nitrogens with zero attached hydrogens (tertiary/aromatic N) is 3. The van der Waals surface area contributed by atoms with E-state index in [1.54, 1.807) is 23.9 Å². The molecule has 154 valence electrons. The molecule has 2 aromatic rings. The smallest absolute Gasteiger partial charge is 0.338 e. The average molecular weight is 402 g/mol. The van der Waals surface area contributed by atoms with Crippen LogP contribution in [-0.2, 0) is 9.53 Å². The van der Waals surface area contributed by atoms with Crippen LogP contribution in [0.2, 0.25) is 0 Å². The number of esters is 1. The Hall–Kier alpha value is -3.43. The van der Waals surface area contributed by atoms with Gasteiger partial charge in [-0.15, -0.1) is 0 Å². The summed E-state index contributed by atoms with van der Waals surface area (Å²) in [4.78, 5) is 34.9. The molecule has 0 aliphatic heterocycles. The number of benzene rings is 1. The van der Waals surface area contributed by atoms with Crippen molar-refractivity contribution in [2.45, 2.75) is 38.6 Å². The van der Waals surface area contributed by atoms with Crippen LogP contribution >= 0.6 is 0 Å². The van der Waals surface area contributed by atoms with Gasteiger partial charge in [0, 0.05) is 12.1 Å². The van der Waals surface area contributed by atoms with E-state index in [2.05, 4.69) is 10.4 Å².